The summed E-state index contributed by atoms with van der Waals surface area (Å²) in [6.45, 7) is 0.868. The highest BCUT2D eigenvalue weighted by molar-refractivity contribution is 5.91. The van der Waals surface area contributed by atoms with Crippen LogP contribution in [0.4, 0.5) is 11.8 Å². The van der Waals surface area contributed by atoms with Gasteiger partial charge in [0.1, 0.15) is 11.6 Å². The fourth-order valence-electron chi connectivity index (χ4n) is 5.01. The first-order valence-corrected chi connectivity index (χ1v) is 12.1. The molecule has 5 rings (SSSR count). The Labute approximate surface area is 201 Å². The average molecular weight is 456 g/mol. The van der Waals surface area contributed by atoms with Crippen molar-refractivity contribution in [3.05, 3.63) is 66.2 Å². The molecule has 0 atom stereocenters. The normalized spacial score (nSPS) is 18.2. The number of hydrogen-bond acceptors (Lipinski definition) is 6. The molecule has 0 unspecified atom stereocenters. The number of hydrogen-bond donors (Lipinski definition) is 2. The maximum Gasteiger partial charge on any atom is 0.225 e. The van der Waals surface area contributed by atoms with E-state index in [1.54, 1.807) is 7.11 Å². The first-order valence-electron chi connectivity index (χ1n) is 12.1. The van der Waals surface area contributed by atoms with E-state index >= 15 is 0 Å². The number of para-hydroxylation sites is 1. The van der Waals surface area contributed by atoms with Gasteiger partial charge in [-0.05, 0) is 54.8 Å². The highest BCUT2D eigenvalue weighted by Gasteiger charge is 2.22. The molecule has 6 nitrogen and oxygen atoms in total. The molecule has 6 heteroatoms. The summed E-state index contributed by atoms with van der Waals surface area (Å²) < 4.78 is 5.54. The van der Waals surface area contributed by atoms with Crippen molar-refractivity contribution in [3.63, 3.8) is 0 Å². The summed E-state index contributed by atoms with van der Waals surface area (Å²) in [6.07, 6.45) is 4.49. The number of aromatic nitrogens is 2. The summed E-state index contributed by atoms with van der Waals surface area (Å²) in [6, 6.07) is 21.9. The summed E-state index contributed by atoms with van der Waals surface area (Å²) in [5, 5.41) is 10.9. The fraction of sp³-hybridized carbons (Fsp3) is 0.357. The minimum absolute atomic E-state index is 0.399. The Kier molecular flexibility index (Phi) is 6.50. The number of methoxy groups -OCH3 is 1. The standard InChI is InChI=1S/C28H33N5O/c1-33(2)27-24-10-6-7-11-25(24)31-28(32-27)30-21-15-13-20(14-16-21)29-18-19-12-17-26(34-3)23-9-5-4-8-22(19)23/h4-12,17,20-21,29H,13-16,18H2,1-3H3,(H,30,31,32)/t20-,21+. The van der Waals surface area contributed by atoms with Crippen molar-refractivity contribution in [1.29, 1.82) is 0 Å². The molecular formula is C28H33N5O. The minimum atomic E-state index is 0.399. The number of rotatable bonds is 7. The van der Waals surface area contributed by atoms with Gasteiger partial charge in [0.2, 0.25) is 5.95 Å². The molecule has 34 heavy (non-hydrogen) atoms. The fourth-order valence-corrected chi connectivity index (χ4v) is 5.01. The van der Waals surface area contributed by atoms with Crippen LogP contribution in [0, 0.1) is 0 Å². The predicted octanol–water partition coefficient (Wildman–Crippen LogP) is 5.37. The molecule has 0 saturated heterocycles. The van der Waals surface area contributed by atoms with Crippen LogP contribution in [0.5, 0.6) is 5.75 Å². The van der Waals surface area contributed by atoms with Crippen LogP contribution < -0.4 is 20.3 Å². The van der Waals surface area contributed by atoms with Crippen LogP contribution in [0.2, 0.25) is 0 Å². The molecule has 1 saturated carbocycles. The Morgan fingerprint density at radius 2 is 1.50 bits per heavy atom. The van der Waals surface area contributed by atoms with Crippen LogP contribution in [0.1, 0.15) is 31.2 Å². The number of ether oxygens (including phenoxy) is 1. The lowest BCUT2D eigenvalue weighted by Crippen LogP contribution is -2.37. The van der Waals surface area contributed by atoms with Crippen molar-refractivity contribution in [2.24, 2.45) is 0 Å². The SMILES string of the molecule is COc1ccc(CN[C@H]2CC[C@@H](Nc3nc(N(C)C)c4ccccc4n3)CC2)c2ccccc12. The Bertz CT molecular complexity index is 1280. The second kappa shape index (κ2) is 9.85. The lowest BCUT2D eigenvalue weighted by atomic mass is 9.91. The van der Waals surface area contributed by atoms with E-state index in [1.165, 1.54) is 16.3 Å². The van der Waals surface area contributed by atoms with E-state index in [-0.39, 0.29) is 0 Å². The molecule has 1 aliphatic carbocycles. The van der Waals surface area contributed by atoms with Crippen LogP contribution >= 0.6 is 0 Å². The van der Waals surface area contributed by atoms with Gasteiger partial charge in [0.25, 0.3) is 0 Å². The highest BCUT2D eigenvalue weighted by Crippen LogP contribution is 2.29. The van der Waals surface area contributed by atoms with Crippen molar-refractivity contribution >= 4 is 33.4 Å². The molecule has 176 valence electrons. The molecule has 1 aromatic heterocycles. The average Bonchev–Trinajstić information content (AvgIpc) is 2.87. The summed E-state index contributed by atoms with van der Waals surface area (Å²) in [5.74, 6) is 2.61. The van der Waals surface area contributed by atoms with Crippen molar-refractivity contribution in [2.75, 3.05) is 31.4 Å². The smallest absolute Gasteiger partial charge is 0.225 e. The van der Waals surface area contributed by atoms with Gasteiger partial charge in [0.15, 0.2) is 0 Å². The first-order chi connectivity index (χ1) is 16.6. The Morgan fingerprint density at radius 3 is 2.24 bits per heavy atom. The van der Waals surface area contributed by atoms with Gasteiger partial charge in [-0.3, -0.25) is 0 Å². The largest absolute Gasteiger partial charge is 0.496 e. The topological polar surface area (TPSA) is 62.3 Å². The lowest BCUT2D eigenvalue weighted by molar-refractivity contribution is 0.352. The van der Waals surface area contributed by atoms with Gasteiger partial charge in [0.05, 0.1) is 12.6 Å². The molecular weight excluding hydrogens is 422 g/mol. The van der Waals surface area contributed by atoms with Gasteiger partial charge in [-0.2, -0.15) is 4.98 Å². The molecule has 4 aromatic rings. The van der Waals surface area contributed by atoms with Crippen LogP contribution in [-0.4, -0.2) is 43.3 Å². The molecule has 1 fully saturated rings. The zero-order valence-electron chi connectivity index (χ0n) is 20.2. The lowest BCUT2D eigenvalue weighted by Gasteiger charge is -2.30. The Balaban J connectivity index is 1.20. The van der Waals surface area contributed by atoms with Gasteiger partial charge in [-0.25, -0.2) is 4.98 Å². The zero-order chi connectivity index (χ0) is 23.5. The Morgan fingerprint density at radius 1 is 0.824 bits per heavy atom. The molecule has 1 aliphatic rings. The molecule has 0 radical (unpaired) electrons. The summed E-state index contributed by atoms with van der Waals surface area (Å²) in [4.78, 5) is 11.6. The quantitative estimate of drug-likeness (QED) is 0.391. The third-order valence-electron chi connectivity index (χ3n) is 6.84. The highest BCUT2D eigenvalue weighted by atomic mass is 16.5. The number of benzene rings is 3. The van der Waals surface area contributed by atoms with E-state index in [9.17, 15) is 0 Å². The predicted molar refractivity (Wildman–Crippen MR) is 141 cm³/mol. The van der Waals surface area contributed by atoms with Crippen molar-refractivity contribution in [2.45, 2.75) is 44.3 Å². The van der Waals surface area contributed by atoms with E-state index in [1.807, 2.05) is 26.2 Å². The minimum Gasteiger partial charge on any atom is -0.496 e. The molecule has 0 bridgehead atoms. The van der Waals surface area contributed by atoms with Crippen LogP contribution in [0.3, 0.4) is 0 Å². The van der Waals surface area contributed by atoms with Gasteiger partial charge in [0, 0.05) is 43.5 Å². The third-order valence-corrected chi connectivity index (χ3v) is 6.84. The molecule has 3 aromatic carbocycles. The maximum absolute atomic E-state index is 5.54. The number of nitrogens with zero attached hydrogens (tertiary/aromatic N) is 3. The van der Waals surface area contributed by atoms with Gasteiger partial charge < -0.3 is 20.3 Å². The van der Waals surface area contributed by atoms with Crippen molar-refractivity contribution in [3.8, 4) is 5.75 Å². The van der Waals surface area contributed by atoms with E-state index in [0.717, 1.165) is 60.6 Å². The zero-order valence-corrected chi connectivity index (χ0v) is 20.2. The van der Waals surface area contributed by atoms with Crippen molar-refractivity contribution in [1.82, 2.24) is 15.3 Å². The van der Waals surface area contributed by atoms with Gasteiger partial charge in [-0.1, -0.05) is 42.5 Å². The van der Waals surface area contributed by atoms with Gasteiger partial charge >= 0.3 is 0 Å². The van der Waals surface area contributed by atoms with Crippen LogP contribution in [0.25, 0.3) is 21.7 Å². The molecule has 1 heterocycles. The van der Waals surface area contributed by atoms with E-state index in [2.05, 4.69) is 64.1 Å². The second-order valence-electron chi connectivity index (χ2n) is 9.33. The number of nitrogens with one attached hydrogen (secondary N) is 2. The monoisotopic (exact) mass is 455 g/mol. The summed E-state index contributed by atoms with van der Waals surface area (Å²) in [5.41, 5.74) is 2.29. The van der Waals surface area contributed by atoms with E-state index in [4.69, 9.17) is 14.7 Å². The molecule has 2 N–H and O–H groups in total. The third kappa shape index (κ3) is 4.64. The summed E-state index contributed by atoms with van der Waals surface area (Å²) >= 11 is 0. The number of anilines is 2. The second-order valence-corrected chi connectivity index (χ2v) is 9.33. The molecule has 0 spiro atoms. The Hall–Kier alpha value is -3.38. The molecule has 0 amide bonds. The first kappa shape index (κ1) is 22.4. The van der Waals surface area contributed by atoms with E-state index < -0.39 is 0 Å². The van der Waals surface area contributed by atoms with E-state index in [0.29, 0.717) is 12.1 Å². The maximum atomic E-state index is 5.54. The van der Waals surface area contributed by atoms with Crippen LogP contribution in [0.15, 0.2) is 60.7 Å². The van der Waals surface area contributed by atoms with Gasteiger partial charge in [-0.15, -0.1) is 0 Å². The van der Waals surface area contributed by atoms with Crippen molar-refractivity contribution < 1.29 is 4.74 Å². The van der Waals surface area contributed by atoms with Crippen LogP contribution in [-0.2, 0) is 6.54 Å². The summed E-state index contributed by atoms with van der Waals surface area (Å²) in [7, 11) is 5.79. The number of fused-ring (bicyclic) bond motifs is 2. The molecule has 0 aliphatic heterocycles.